The first-order valence-corrected chi connectivity index (χ1v) is 7.70. The number of thiophene rings is 1. The normalized spacial score (nSPS) is 14.3. The molecule has 0 N–H and O–H groups in total. The third-order valence-corrected chi connectivity index (χ3v) is 4.26. The molecule has 2 heterocycles. The smallest absolute Gasteiger partial charge is 0.270 e. The Kier molecular flexibility index (Phi) is 3.94. The minimum atomic E-state index is -0.432. The fraction of sp³-hybridized carbons (Fsp3) is 0.0625. The SMILES string of the molecule is CC1=CC(c2cccc([N+](=O)[O-])c2)=CN(C=O)N1c1cccs1. The Morgan fingerprint density at radius 3 is 2.74 bits per heavy atom. The lowest BCUT2D eigenvalue weighted by atomic mass is 10.0. The van der Waals surface area contributed by atoms with Gasteiger partial charge in [0.05, 0.1) is 4.92 Å². The van der Waals surface area contributed by atoms with Gasteiger partial charge in [-0.15, -0.1) is 11.3 Å². The topological polar surface area (TPSA) is 66.7 Å². The van der Waals surface area contributed by atoms with Gasteiger partial charge in [-0.05, 0) is 36.1 Å². The molecule has 0 aliphatic carbocycles. The maximum atomic E-state index is 11.5. The van der Waals surface area contributed by atoms with E-state index in [1.165, 1.54) is 28.5 Å². The second kappa shape index (κ2) is 6.05. The zero-order valence-corrected chi connectivity index (χ0v) is 13.1. The first-order chi connectivity index (χ1) is 11.1. The van der Waals surface area contributed by atoms with Gasteiger partial charge in [-0.25, -0.2) is 10.0 Å². The largest absolute Gasteiger partial charge is 0.276 e. The fourth-order valence-electron chi connectivity index (χ4n) is 2.42. The summed E-state index contributed by atoms with van der Waals surface area (Å²) >= 11 is 1.52. The Hall–Kier alpha value is -2.93. The second-order valence-electron chi connectivity index (χ2n) is 4.93. The molecular weight excluding hydrogens is 314 g/mol. The number of anilines is 1. The van der Waals surface area contributed by atoms with Crippen LogP contribution in [-0.4, -0.2) is 16.3 Å². The third kappa shape index (κ3) is 2.86. The second-order valence-corrected chi connectivity index (χ2v) is 5.85. The number of nitro groups is 1. The predicted molar refractivity (Wildman–Crippen MR) is 89.5 cm³/mol. The van der Waals surface area contributed by atoms with Gasteiger partial charge >= 0.3 is 0 Å². The number of nitrogens with zero attached hydrogens (tertiary/aromatic N) is 3. The van der Waals surface area contributed by atoms with Gasteiger partial charge in [0.1, 0.15) is 5.00 Å². The molecule has 7 heteroatoms. The van der Waals surface area contributed by atoms with Gasteiger partial charge in [0.25, 0.3) is 5.69 Å². The fourth-order valence-corrected chi connectivity index (χ4v) is 3.21. The van der Waals surface area contributed by atoms with Crippen molar-refractivity contribution in [2.45, 2.75) is 6.92 Å². The van der Waals surface area contributed by atoms with Gasteiger partial charge in [-0.1, -0.05) is 12.1 Å². The van der Waals surface area contributed by atoms with Crippen molar-refractivity contribution in [1.29, 1.82) is 0 Å². The van der Waals surface area contributed by atoms with Crippen molar-refractivity contribution in [3.05, 3.63) is 75.4 Å². The molecule has 1 amide bonds. The highest BCUT2D eigenvalue weighted by Crippen LogP contribution is 2.33. The first kappa shape index (κ1) is 15.0. The molecule has 0 unspecified atom stereocenters. The molecule has 23 heavy (non-hydrogen) atoms. The lowest BCUT2D eigenvalue weighted by Gasteiger charge is -2.34. The summed E-state index contributed by atoms with van der Waals surface area (Å²) in [4.78, 5) is 22.0. The van der Waals surface area contributed by atoms with E-state index in [1.807, 2.05) is 30.5 Å². The average molecular weight is 327 g/mol. The van der Waals surface area contributed by atoms with E-state index in [4.69, 9.17) is 0 Å². The number of hydrogen-bond acceptors (Lipinski definition) is 5. The summed E-state index contributed by atoms with van der Waals surface area (Å²) in [5.41, 5.74) is 2.30. The molecule has 1 aromatic heterocycles. The van der Waals surface area contributed by atoms with Crippen LogP contribution in [0.4, 0.5) is 10.7 Å². The van der Waals surface area contributed by atoms with Gasteiger partial charge in [0, 0.05) is 29.6 Å². The van der Waals surface area contributed by atoms with Gasteiger partial charge in [-0.3, -0.25) is 14.9 Å². The molecule has 3 rings (SSSR count). The molecule has 116 valence electrons. The Morgan fingerprint density at radius 1 is 1.26 bits per heavy atom. The first-order valence-electron chi connectivity index (χ1n) is 6.82. The van der Waals surface area contributed by atoms with Crippen molar-refractivity contribution in [2.75, 3.05) is 5.01 Å². The summed E-state index contributed by atoms with van der Waals surface area (Å²) in [6.07, 6.45) is 4.28. The van der Waals surface area contributed by atoms with Crippen LogP contribution >= 0.6 is 11.3 Å². The van der Waals surface area contributed by atoms with E-state index in [1.54, 1.807) is 23.3 Å². The Labute approximate surface area is 136 Å². The van der Waals surface area contributed by atoms with Crippen LogP contribution < -0.4 is 5.01 Å². The van der Waals surface area contributed by atoms with E-state index in [-0.39, 0.29) is 5.69 Å². The number of nitro benzene ring substituents is 1. The van der Waals surface area contributed by atoms with Crippen molar-refractivity contribution >= 4 is 34.0 Å². The number of hydrazine groups is 1. The molecule has 1 aliphatic rings. The molecule has 0 radical (unpaired) electrons. The molecule has 1 aromatic carbocycles. The van der Waals surface area contributed by atoms with E-state index in [2.05, 4.69) is 0 Å². The lowest BCUT2D eigenvalue weighted by molar-refractivity contribution is -0.384. The van der Waals surface area contributed by atoms with Crippen LogP contribution in [0.2, 0.25) is 0 Å². The van der Waals surface area contributed by atoms with Gasteiger partial charge in [0.2, 0.25) is 6.41 Å². The molecule has 2 aromatic rings. The average Bonchev–Trinajstić information content (AvgIpc) is 3.08. The van der Waals surface area contributed by atoms with Crippen molar-refractivity contribution in [2.24, 2.45) is 0 Å². The highest BCUT2D eigenvalue weighted by atomic mass is 32.1. The van der Waals surface area contributed by atoms with Gasteiger partial charge in [-0.2, -0.15) is 0 Å². The highest BCUT2D eigenvalue weighted by molar-refractivity contribution is 7.14. The maximum Gasteiger partial charge on any atom is 0.270 e. The van der Waals surface area contributed by atoms with Crippen LogP contribution in [0.5, 0.6) is 0 Å². The Balaban J connectivity index is 2.01. The minimum Gasteiger partial charge on any atom is -0.276 e. The van der Waals surface area contributed by atoms with Crippen molar-refractivity contribution in [1.82, 2.24) is 5.01 Å². The molecule has 0 atom stereocenters. The molecule has 0 spiro atoms. The predicted octanol–water partition coefficient (Wildman–Crippen LogP) is 3.79. The van der Waals surface area contributed by atoms with Crippen LogP contribution in [-0.2, 0) is 4.79 Å². The zero-order valence-electron chi connectivity index (χ0n) is 12.2. The number of benzene rings is 1. The third-order valence-electron chi connectivity index (χ3n) is 3.41. The van der Waals surface area contributed by atoms with E-state index >= 15 is 0 Å². The maximum absolute atomic E-state index is 11.5. The molecule has 1 aliphatic heterocycles. The summed E-state index contributed by atoms with van der Waals surface area (Å²) < 4.78 is 0. The van der Waals surface area contributed by atoms with Crippen LogP contribution in [0.1, 0.15) is 12.5 Å². The standard InChI is InChI=1S/C16H13N3O3S/c1-12-8-14(13-4-2-5-15(9-13)19(21)22)10-17(11-20)18(12)16-6-3-7-23-16/h2-11H,1H3. The quantitative estimate of drug-likeness (QED) is 0.487. The molecule has 0 bridgehead atoms. The van der Waals surface area contributed by atoms with Crippen LogP contribution in [0.3, 0.4) is 0 Å². The van der Waals surface area contributed by atoms with E-state index in [0.717, 1.165) is 16.3 Å². The lowest BCUT2D eigenvalue weighted by Crippen LogP contribution is -2.38. The summed E-state index contributed by atoms with van der Waals surface area (Å²) in [5, 5.41) is 17.0. The van der Waals surface area contributed by atoms with E-state index in [0.29, 0.717) is 12.0 Å². The summed E-state index contributed by atoms with van der Waals surface area (Å²) in [6.45, 7) is 1.89. The van der Waals surface area contributed by atoms with Crippen molar-refractivity contribution in [3.63, 3.8) is 0 Å². The molecule has 0 saturated heterocycles. The molecule has 6 nitrogen and oxygen atoms in total. The van der Waals surface area contributed by atoms with Crippen molar-refractivity contribution < 1.29 is 9.72 Å². The number of carbonyl (C=O) groups is 1. The van der Waals surface area contributed by atoms with Crippen molar-refractivity contribution in [3.8, 4) is 0 Å². The summed E-state index contributed by atoms with van der Waals surface area (Å²) in [7, 11) is 0. The minimum absolute atomic E-state index is 0.0211. The molecule has 0 fully saturated rings. The van der Waals surface area contributed by atoms with Gasteiger partial charge < -0.3 is 0 Å². The Bertz CT molecular complexity index is 812. The van der Waals surface area contributed by atoms with E-state index in [9.17, 15) is 14.9 Å². The number of hydrogen-bond donors (Lipinski definition) is 0. The summed E-state index contributed by atoms with van der Waals surface area (Å²) in [6, 6.07) is 10.2. The van der Waals surface area contributed by atoms with E-state index < -0.39 is 4.92 Å². The number of non-ortho nitro benzene ring substituents is 1. The van der Waals surface area contributed by atoms with Crippen LogP contribution in [0, 0.1) is 10.1 Å². The zero-order chi connectivity index (χ0) is 16.4. The monoisotopic (exact) mass is 327 g/mol. The Morgan fingerprint density at radius 2 is 2.09 bits per heavy atom. The molecular formula is C16H13N3O3S. The van der Waals surface area contributed by atoms with Crippen LogP contribution in [0.25, 0.3) is 5.57 Å². The van der Waals surface area contributed by atoms with Crippen LogP contribution in [0.15, 0.2) is 59.8 Å². The number of rotatable bonds is 4. The number of carbonyl (C=O) groups excluding carboxylic acids is 1. The molecule has 0 saturated carbocycles. The highest BCUT2D eigenvalue weighted by Gasteiger charge is 2.21. The number of allylic oxidation sites excluding steroid dienone is 3. The number of amides is 1. The van der Waals surface area contributed by atoms with Gasteiger partial charge in [0.15, 0.2) is 0 Å². The summed E-state index contributed by atoms with van der Waals surface area (Å²) in [5.74, 6) is 0.